The van der Waals surface area contributed by atoms with E-state index in [0.717, 1.165) is 103 Å². The molecule has 0 aliphatic rings. The van der Waals surface area contributed by atoms with E-state index in [-0.39, 0.29) is 23.6 Å². The summed E-state index contributed by atoms with van der Waals surface area (Å²) in [6.07, 6.45) is 16.2. The molecule has 1 radical (unpaired) electrons. The average Bonchev–Trinajstić information content (AvgIpc) is 3.29. The van der Waals surface area contributed by atoms with Gasteiger partial charge in [-0.05, 0) is 0 Å². The second kappa shape index (κ2) is 47.5. The fourth-order valence-corrected chi connectivity index (χ4v) is 14.4. The molecule has 0 aromatic heterocycles. The van der Waals surface area contributed by atoms with E-state index in [2.05, 4.69) is 121 Å². The predicted molar refractivity (Wildman–Crippen MR) is 300 cm³/mol. The first-order valence-corrected chi connectivity index (χ1v) is 36.0. The number of hydrogen-bond donors (Lipinski definition) is 4. The molecular weight excluding hydrogens is 1130 g/mol. The number of nitrogens with zero attached hydrogens (tertiary/aromatic N) is 3. The Labute approximate surface area is 453 Å². The van der Waals surface area contributed by atoms with E-state index >= 15 is 0 Å². The number of carbonyl (C=O) groups is 4. The van der Waals surface area contributed by atoms with E-state index in [1.165, 1.54) is 86.6 Å². The number of rotatable bonds is 49. The molecule has 0 aliphatic carbocycles. The summed E-state index contributed by atoms with van der Waals surface area (Å²) in [7, 11) is 2.11. The Morgan fingerprint density at radius 2 is 0.739 bits per heavy atom. The molecule has 0 aromatic carbocycles. The zero-order valence-electron chi connectivity index (χ0n) is 46.1. The first-order valence-electron chi connectivity index (χ1n) is 27.5. The van der Waals surface area contributed by atoms with Crippen molar-refractivity contribution in [3.05, 3.63) is 0 Å². The van der Waals surface area contributed by atoms with E-state index < -0.39 is 0 Å². The van der Waals surface area contributed by atoms with Gasteiger partial charge in [-0.15, -0.1) is 0 Å². The van der Waals surface area contributed by atoms with Crippen LogP contribution in [0.4, 0.5) is 0 Å². The van der Waals surface area contributed by atoms with Crippen molar-refractivity contribution < 1.29 is 19.2 Å². The summed E-state index contributed by atoms with van der Waals surface area (Å²) in [5, 5.41) is 20.3. The number of amides is 4. The fourth-order valence-electron chi connectivity index (χ4n) is 7.83. The summed E-state index contributed by atoms with van der Waals surface area (Å²) >= 11 is 4.62. The van der Waals surface area contributed by atoms with Gasteiger partial charge in [0.25, 0.3) is 0 Å². The Bertz CT molecular complexity index is 1250. The molecule has 3 unspecified atom stereocenters. The average molecular weight is 1240 g/mol. The molecule has 4 amide bonds. The molecule has 4 N–H and O–H groups in total. The third-order valence-electron chi connectivity index (χ3n) is 12.7. The van der Waals surface area contributed by atoms with Gasteiger partial charge in [0.2, 0.25) is 0 Å². The van der Waals surface area contributed by atoms with Crippen molar-refractivity contribution >= 4 is 84.5 Å². The zero-order valence-corrected chi connectivity index (χ0v) is 53.0. The van der Waals surface area contributed by atoms with Gasteiger partial charge in [-0.3, -0.25) is 0 Å². The molecular formula is C54H108N7O4Se4. The molecule has 0 spiro atoms. The SMILES string of the molecule is CC(C)CCCC(C)CC[Se]CCNC(=O)CCN(CCC(=O)NCC[Se])CCN(C)CCN(CCC(=O)NCC[Se]CCC(C)CCCC(C)C)CCC(=O)NCC[Se]CC(C)CCCC(C)C. The molecule has 15 heteroatoms. The van der Waals surface area contributed by atoms with Crippen LogP contribution >= 0.6 is 0 Å². The third-order valence-corrected chi connectivity index (χ3v) is 20.1. The maximum absolute atomic E-state index is 13.0. The van der Waals surface area contributed by atoms with Crippen molar-refractivity contribution in [2.45, 2.75) is 196 Å². The van der Waals surface area contributed by atoms with Crippen molar-refractivity contribution in [1.29, 1.82) is 0 Å². The Hall–Kier alpha value is -0.162. The molecule has 0 rings (SSSR count). The van der Waals surface area contributed by atoms with Gasteiger partial charge in [0, 0.05) is 0 Å². The van der Waals surface area contributed by atoms with Crippen LogP contribution in [0.25, 0.3) is 0 Å². The first kappa shape index (κ1) is 68.8. The second-order valence-electron chi connectivity index (χ2n) is 21.3. The Morgan fingerprint density at radius 1 is 0.406 bits per heavy atom. The van der Waals surface area contributed by atoms with Crippen LogP contribution in [-0.4, -0.2) is 185 Å². The molecule has 0 fully saturated rings. The van der Waals surface area contributed by atoms with E-state index in [0.29, 0.717) is 103 Å². The summed E-state index contributed by atoms with van der Waals surface area (Å²) in [5.74, 6) is 5.01. The number of likely N-dealkylation sites (N-methyl/N-ethyl adjacent to an activating group) is 1. The second-order valence-corrected chi connectivity index (χ2v) is 29.7. The molecule has 0 aromatic rings. The summed E-state index contributed by atoms with van der Waals surface area (Å²) in [5.41, 5.74) is 0. The van der Waals surface area contributed by atoms with Crippen molar-refractivity contribution in [3.8, 4) is 0 Å². The van der Waals surface area contributed by atoms with Crippen LogP contribution in [0.3, 0.4) is 0 Å². The van der Waals surface area contributed by atoms with Gasteiger partial charge >= 0.3 is 457 Å². The monoisotopic (exact) mass is 1240 g/mol. The van der Waals surface area contributed by atoms with Crippen molar-refractivity contribution in [3.63, 3.8) is 0 Å². The molecule has 3 atom stereocenters. The summed E-state index contributed by atoms with van der Waals surface area (Å²) in [6.45, 7) is 29.4. The van der Waals surface area contributed by atoms with Crippen LogP contribution in [0.2, 0.25) is 37.2 Å². The van der Waals surface area contributed by atoms with E-state index in [1.54, 1.807) is 0 Å². The van der Waals surface area contributed by atoms with Gasteiger partial charge in [0.15, 0.2) is 0 Å². The maximum atomic E-state index is 13.0. The topological polar surface area (TPSA) is 126 Å². The van der Waals surface area contributed by atoms with Crippen LogP contribution in [0.1, 0.15) is 159 Å². The third kappa shape index (κ3) is 48.5. The molecule has 407 valence electrons. The summed E-state index contributed by atoms with van der Waals surface area (Å²) < 4.78 is 0. The van der Waals surface area contributed by atoms with Gasteiger partial charge < -0.3 is 0 Å². The van der Waals surface area contributed by atoms with Gasteiger partial charge in [-0.25, -0.2) is 0 Å². The van der Waals surface area contributed by atoms with Gasteiger partial charge in [-0.1, -0.05) is 0 Å². The molecule has 0 saturated carbocycles. The first-order chi connectivity index (χ1) is 33.0. The fraction of sp³-hybridized carbons (Fsp3) is 0.926. The molecule has 0 aliphatic heterocycles. The van der Waals surface area contributed by atoms with E-state index in [4.69, 9.17) is 0 Å². The van der Waals surface area contributed by atoms with Crippen LogP contribution in [0.5, 0.6) is 0 Å². The Kier molecular flexibility index (Phi) is 47.4. The summed E-state index contributed by atoms with van der Waals surface area (Å²) in [4.78, 5) is 58.3. The standard InChI is InChI=1S/C54H108N7O4Se4/c1-45(2)14-11-17-48(7)24-39-67-41-27-56-52(63)21-31-60(30-20-51(62)55-26-38-66)36-34-59(10)35-37-61(33-23-54(65)58-29-43-69-44-50(9)19-13-16-47(5)6)32-22-53(64)57-28-42-68-40-25-49(8)18-12-15-46(3)4/h45-50H,11-44H2,1-10H3,(H,55,62)(H,56,63)(H,57,64)(H,58,65). The van der Waals surface area contributed by atoms with E-state index in [9.17, 15) is 19.2 Å². The van der Waals surface area contributed by atoms with Crippen molar-refractivity contribution in [1.82, 2.24) is 36.0 Å². The van der Waals surface area contributed by atoms with Gasteiger partial charge in [0.05, 0.1) is 0 Å². The number of hydrogen-bond acceptors (Lipinski definition) is 7. The van der Waals surface area contributed by atoms with Gasteiger partial charge in [-0.2, -0.15) is 0 Å². The van der Waals surface area contributed by atoms with Gasteiger partial charge in [0.1, 0.15) is 0 Å². The van der Waals surface area contributed by atoms with Crippen molar-refractivity contribution in [2.24, 2.45) is 35.5 Å². The zero-order chi connectivity index (χ0) is 51.5. The molecule has 11 nitrogen and oxygen atoms in total. The van der Waals surface area contributed by atoms with Crippen LogP contribution in [-0.2, 0) is 19.2 Å². The molecule has 0 heterocycles. The Morgan fingerprint density at radius 3 is 1.09 bits per heavy atom. The van der Waals surface area contributed by atoms with Crippen molar-refractivity contribution in [2.75, 3.05) is 85.6 Å². The minimum atomic E-state index is 0.0368. The molecule has 0 saturated heterocycles. The molecule has 0 bridgehead atoms. The van der Waals surface area contributed by atoms with Crippen LogP contribution < -0.4 is 21.3 Å². The van der Waals surface area contributed by atoms with Crippen LogP contribution in [0, 0.1) is 35.5 Å². The quantitative estimate of drug-likeness (QED) is 0.0354. The van der Waals surface area contributed by atoms with Crippen LogP contribution in [0.15, 0.2) is 0 Å². The Balaban J connectivity index is 5.11. The number of carbonyl (C=O) groups excluding carboxylic acids is 4. The minimum absolute atomic E-state index is 0.0368. The number of nitrogens with one attached hydrogen (secondary N) is 4. The predicted octanol–water partition coefficient (Wildman–Crippen LogP) is 8.92. The van der Waals surface area contributed by atoms with E-state index in [1.807, 2.05) is 0 Å². The molecule has 69 heavy (non-hydrogen) atoms. The normalized spacial score (nSPS) is 13.2. The summed E-state index contributed by atoms with van der Waals surface area (Å²) in [6, 6.07) is 0.